The van der Waals surface area contributed by atoms with E-state index in [1.807, 2.05) is 16.7 Å². The Hall–Kier alpha value is -0.710. The lowest BCUT2D eigenvalue weighted by molar-refractivity contribution is -0.140. The number of thioether (sulfide) groups is 1. The number of nitrogens with zero attached hydrogens (tertiary/aromatic N) is 1. The summed E-state index contributed by atoms with van der Waals surface area (Å²) in [6.45, 7) is 3.54. The molecule has 5 heteroatoms. The van der Waals surface area contributed by atoms with Crippen molar-refractivity contribution in [1.82, 2.24) is 10.2 Å². The SMILES string of the molecule is CSC(C)CCN1CCC(=O)NC2(CCCCC2)C1=O. The second-order valence-electron chi connectivity index (χ2n) is 6.07. The lowest BCUT2D eigenvalue weighted by atomic mass is 9.80. The highest BCUT2D eigenvalue weighted by atomic mass is 32.2. The van der Waals surface area contributed by atoms with Crippen LogP contribution >= 0.6 is 11.8 Å². The maximum atomic E-state index is 12.9. The van der Waals surface area contributed by atoms with Crippen LogP contribution in [0.25, 0.3) is 0 Å². The molecule has 1 spiro atoms. The third kappa shape index (κ3) is 3.48. The minimum atomic E-state index is -0.589. The van der Waals surface area contributed by atoms with Crippen LogP contribution in [0.4, 0.5) is 0 Å². The third-order valence-electron chi connectivity index (χ3n) is 4.60. The summed E-state index contributed by atoms with van der Waals surface area (Å²) in [4.78, 5) is 26.7. The fourth-order valence-electron chi connectivity index (χ4n) is 3.19. The molecule has 1 atom stereocenters. The van der Waals surface area contributed by atoms with Crippen LogP contribution in [0.1, 0.15) is 51.9 Å². The van der Waals surface area contributed by atoms with Crippen LogP contribution in [-0.4, -0.2) is 46.8 Å². The summed E-state index contributed by atoms with van der Waals surface area (Å²) in [5, 5.41) is 3.59. The van der Waals surface area contributed by atoms with Gasteiger partial charge in [-0.1, -0.05) is 26.2 Å². The summed E-state index contributed by atoms with van der Waals surface area (Å²) in [6, 6.07) is 0. The molecule has 1 unspecified atom stereocenters. The van der Waals surface area contributed by atoms with Crippen LogP contribution in [0.3, 0.4) is 0 Å². The van der Waals surface area contributed by atoms with Crippen molar-refractivity contribution in [2.45, 2.75) is 62.7 Å². The number of amides is 2. The smallest absolute Gasteiger partial charge is 0.248 e. The van der Waals surface area contributed by atoms with Crippen molar-refractivity contribution >= 4 is 23.6 Å². The van der Waals surface area contributed by atoms with E-state index < -0.39 is 5.54 Å². The highest BCUT2D eigenvalue weighted by Gasteiger charge is 2.44. The Morgan fingerprint density at radius 2 is 2.00 bits per heavy atom. The van der Waals surface area contributed by atoms with E-state index in [1.165, 1.54) is 6.42 Å². The van der Waals surface area contributed by atoms with Gasteiger partial charge < -0.3 is 10.2 Å². The van der Waals surface area contributed by atoms with Crippen molar-refractivity contribution in [1.29, 1.82) is 0 Å². The molecule has 20 heavy (non-hydrogen) atoms. The van der Waals surface area contributed by atoms with Gasteiger partial charge in [0.1, 0.15) is 5.54 Å². The molecule has 114 valence electrons. The van der Waals surface area contributed by atoms with Crippen LogP contribution in [0, 0.1) is 0 Å². The van der Waals surface area contributed by atoms with Gasteiger partial charge in [0, 0.05) is 24.8 Å². The van der Waals surface area contributed by atoms with Crippen LogP contribution in [-0.2, 0) is 9.59 Å². The van der Waals surface area contributed by atoms with Crippen LogP contribution in [0.2, 0.25) is 0 Å². The Morgan fingerprint density at radius 3 is 2.65 bits per heavy atom. The van der Waals surface area contributed by atoms with E-state index in [9.17, 15) is 9.59 Å². The Morgan fingerprint density at radius 1 is 1.30 bits per heavy atom. The quantitative estimate of drug-likeness (QED) is 0.865. The molecule has 1 saturated carbocycles. The summed E-state index contributed by atoms with van der Waals surface area (Å²) < 4.78 is 0. The molecule has 0 bridgehead atoms. The molecule has 2 amide bonds. The van der Waals surface area contributed by atoms with Gasteiger partial charge >= 0.3 is 0 Å². The van der Waals surface area contributed by atoms with Crippen LogP contribution in [0.5, 0.6) is 0 Å². The van der Waals surface area contributed by atoms with E-state index in [2.05, 4.69) is 18.5 Å². The van der Waals surface area contributed by atoms with Gasteiger partial charge in [0.15, 0.2) is 0 Å². The van der Waals surface area contributed by atoms with E-state index in [0.717, 1.165) is 38.6 Å². The monoisotopic (exact) mass is 298 g/mol. The Bertz CT molecular complexity index is 367. The van der Waals surface area contributed by atoms with Crippen molar-refractivity contribution in [3.05, 3.63) is 0 Å². The number of nitrogens with one attached hydrogen (secondary N) is 1. The average Bonchev–Trinajstić information content (AvgIpc) is 2.56. The molecule has 0 aromatic carbocycles. The normalized spacial score (nSPS) is 24.4. The fraction of sp³-hybridized carbons (Fsp3) is 0.867. The second-order valence-corrected chi connectivity index (χ2v) is 7.34. The van der Waals surface area contributed by atoms with Crippen LogP contribution in [0.15, 0.2) is 0 Å². The maximum absolute atomic E-state index is 12.9. The first-order valence-corrected chi connectivity index (χ1v) is 8.99. The van der Waals surface area contributed by atoms with Crippen molar-refractivity contribution < 1.29 is 9.59 Å². The molecule has 1 aliphatic heterocycles. The minimum Gasteiger partial charge on any atom is -0.342 e. The predicted octanol–water partition coefficient (Wildman–Crippen LogP) is 2.18. The standard InChI is InChI=1S/C15H26N2O2S/c1-12(20-2)6-10-17-11-7-13(18)16-15(14(17)19)8-4-3-5-9-15/h12H,3-11H2,1-2H3,(H,16,18). The largest absolute Gasteiger partial charge is 0.342 e. The summed E-state index contributed by atoms with van der Waals surface area (Å²) in [5.74, 6) is 0.206. The number of hydrogen-bond donors (Lipinski definition) is 1. The first kappa shape index (κ1) is 15.7. The highest BCUT2D eigenvalue weighted by Crippen LogP contribution is 2.31. The molecular weight excluding hydrogens is 272 g/mol. The molecule has 2 fully saturated rings. The highest BCUT2D eigenvalue weighted by molar-refractivity contribution is 7.99. The van der Waals surface area contributed by atoms with Crippen molar-refractivity contribution in [2.24, 2.45) is 0 Å². The Kier molecular flexibility index (Phi) is 5.35. The fourth-order valence-corrected chi connectivity index (χ4v) is 3.53. The van der Waals surface area contributed by atoms with Gasteiger partial charge in [-0.3, -0.25) is 9.59 Å². The zero-order chi connectivity index (χ0) is 14.6. The molecule has 0 radical (unpaired) electrons. The lowest BCUT2D eigenvalue weighted by Crippen LogP contribution is -2.58. The first-order valence-electron chi connectivity index (χ1n) is 7.70. The molecule has 0 aromatic rings. The molecule has 0 aromatic heterocycles. The van der Waals surface area contributed by atoms with Gasteiger partial charge in [0.05, 0.1) is 0 Å². The van der Waals surface area contributed by atoms with Crippen LogP contribution < -0.4 is 5.32 Å². The number of rotatable bonds is 4. The topological polar surface area (TPSA) is 49.4 Å². The van der Waals surface area contributed by atoms with Gasteiger partial charge in [0.25, 0.3) is 0 Å². The predicted molar refractivity (Wildman–Crippen MR) is 82.7 cm³/mol. The maximum Gasteiger partial charge on any atom is 0.248 e. The lowest BCUT2D eigenvalue weighted by Gasteiger charge is -2.38. The number of carbonyl (C=O) groups is 2. The third-order valence-corrected chi connectivity index (χ3v) is 5.64. The molecule has 1 aliphatic carbocycles. The van der Waals surface area contributed by atoms with E-state index in [0.29, 0.717) is 18.2 Å². The zero-order valence-corrected chi connectivity index (χ0v) is 13.4. The Labute approximate surface area is 126 Å². The second kappa shape index (κ2) is 6.83. The van der Waals surface area contributed by atoms with E-state index in [-0.39, 0.29) is 11.8 Å². The van der Waals surface area contributed by atoms with Gasteiger partial charge in [0.2, 0.25) is 11.8 Å². The summed E-state index contributed by atoms with van der Waals surface area (Å²) in [5.41, 5.74) is -0.589. The Balaban J connectivity index is 2.08. The van der Waals surface area contributed by atoms with Crippen molar-refractivity contribution in [3.8, 4) is 0 Å². The van der Waals surface area contributed by atoms with Gasteiger partial charge in [-0.25, -0.2) is 0 Å². The molecule has 2 rings (SSSR count). The van der Waals surface area contributed by atoms with E-state index >= 15 is 0 Å². The van der Waals surface area contributed by atoms with Crippen molar-refractivity contribution in [2.75, 3.05) is 19.3 Å². The minimum absolute atomic E-state index is 0.0423. The molecule has 4 nitrogen and oxygen atoms in total. The number of carbonyl (C=O) groups excluding carboxylic acids is 2. The van der Waals surface area contributed by atoms with Gasteiger partial charge in [-0.15, -0.1) is 0 Å². The summed E-state index contributed by atoms with van der Waals surface area (Å²) in [7, 11) is 0. The summed E-state index contributed by atoms with van der Waals surface area (Å²) in [6.07, 6.45) is 8.43. The first-order chi connectivity index (χ1) is 9.57. The van der Waals surface area contributed by atoms with Gasteiger partial charge in [-0.2, -0.15) is 11.8 Å². The van der Waals surface area contributed by atoms with Crippen molar-refractivity contribution in [3.63, 3.8) is 0 Å². The molecular formula is C15H26N2O2S. The summed E-state index contributed by atoms with van der Waals surface area (Å²) >= 11 is 1.83. The molecule has 2 aliphatic rings. The zero-order valence-electron chi connectivity index (χ0n) is 12.6. The van der Waals surface area contributed by atoms with E-state index in [4.69, 9.17) is 0 Å². The molecule has 1 heterocycles. The van der Waals surface area contributed by atoms with Gasteiger partial charge in [-0.05, 0) is 25.5 Å². The average molecular weight is 298 g/mol. The molecule has 1 saturated heterocycles. The number of hydrogen-bond acceptors (Lipinski definition) is 3. The molecule has 1 N–H and O–H groups in total. The van der Waals surface area contributed by atoms with E-state index in [1.54, 1.807) is 0 Å².